The Hall–Kier alpha value is -1.86. The van der Waals surface area contributed by atoms with Crippen LogP contribution in [0.3, 0.4) is 0 Å². The van der Waals surface area contributed by atoms with E-state index in [0.29, 0.717) is 6.54 Å². The lowest BCUT2D eigenvalue weighted by atomic mass is 10.3. The molecule has 0 bridgehead atoms. The fourth-order valence-corrected chi connectivity index (χ4v) is 1.13. The smallest absolute Gasteiger partial charge is 0.177 e. The maximum absolute atomic E-state index is 4.15. The molecule has 2 aromatic heterocycles. The molecule has 14 heavy (non-hydrogen) atoms. The number of aromatic nitrogens is 3. The third kappa shape index (κ3) is 1.73. The zero-order valence-electron chi connectivity index (χ0n) is 7.83. The van der Waals surface area contributed by atoms with Crippen molar-refractivity contribution in [3.63, 3.8) is 0 Å². The lowest BCUT2D eigenvalue weighted by Crippen LogP contribution is -2.04. The highest BCUT2D eigenvalue weighted by Crippen LogP contribution is 2.06. The largest absolute Gasteiger partial charge is 0.343 e. The quantitative estimate of drug-likeness (QED) is 0.639. The number of hydrogen-bond donors (Lipinski definition) is 2. The fourth-order valence-electron chi connectivity index (χ4n) is 1.13. The van der Waals surface area contributed by atoms with E-state index in [1.807, 2.05) is 13.1 Å². The van der Waals surface area contributed by atoms with Gasteiger partial charge >= 0.3 is 0 Å². The van der Waals surface area contributed by atoms with Crippen molar-refractivity contribution in [3.8, 4) is 11.8 Å². The summed E-state index contributed by atoms with van der Waals surface area (Å²) in [4.78, 5) is 11.2. The first kappa shape index (κ1) is 8.73. The van der Waals surface area contributed by atoms with Crippen LogP contribution in [0.4, 0.5) is 0 Å². The van der Waals surface area contributed by atoms with Gasteiger partial charge < -0.3 is 10.3 Å². The Bertz CT molecular complexity index is 489. The highest BCUT2D eigenvalue weighted by atomic mass is 14.9. The summed E-state index contributed by atoms with van der Waals surface area (Å²) in [6, 6.07) is 1.94. The van der Waals surface area contributed by atoms with Crippen molar-refractivity contribution in [2.24, 2.45) is 0 Å². The van der Waals surface area contributed by atoms with E-state index in [1.165, 1.54) is 0 Å². The molecule has 2 rings (SSSR count). The van der Waals surface area contributed by atoms with Crippen molar-refractivity contribution in [1.29, 1.82) is 0 Å². The molecule has 70 valence electrons. The molecule has 4 heteroatoms. The first-order chi connectivity index (χ1) is 6.90. The number of rotatable bonds is 1. The molecule has 0 unspecified atom stereocenters. The van der Waals surface area contributed by atoms with Crippen LogP contribution >= 0.6 is 0 Å². The van der Waals surface area contributed by atoms with E-state index in [-0.39, 0.29) is 0 Å². The van der Waals surface area contributed by atoms with Crippen LogP contribution in [0, 0.1) is 11.8 Å². The minimum Gasteiger partial charge on any atom is -0.343 e. The number of aromatic amines is 1. The van der Waals surface area contributed by atoms with E-state index in [4.69, 9.17) is 0 Å². The SMILES string of the molecule is CNCC#Cc1cnc2nc[nH]c2c1. The zero-order chi connectivity index (χ0) is 9.80. The first-order valence-corrected chi connectivity index (χ1v) is 4.33. The van der Waals surface area contributed by atoms with Crippen LogP contribution in [0.25, 0.3) is 11.2 Å². The predicted molar refractivity (Wildman–Crippen MR) is 54.7 cm³/mol. The second-order valence-electron chi connectivity index (χ2n) is 2.83. The molecular formula is C10H10N4. The van der Waals surface area contributed by atoms with Crippen molar-refractivity contribution in [2.75, 3.05) is 13.6 Å². The maximum Gasteiger partial charge on any atom is 0.177 e. The Morgan fingerprint density at radius 3 is 3.29 bits per heavy atom. The number of fused-ring (bicyclic) bond motifs is 1. The third-order valence-corrected chi connectivity index (χ3v) is 1.77. The highest BCUT2D eigenvalue weighted by Gasteiger charge is 1.96. The van der Waals surface area contributed by atoms with Crippen LogP contribution in [0.1, 0.15) is 5.56 Å². The third-order valence-electron chi connectivity index (χ3n) is 1.77. The van der Waals surface area contributed by atoms with E-state index in [1.54, 1.807) is 12.5 Å². The van der Waals surface area contributed by atoms with Gasteiger partial charge in [0.2, 0.25) is 0 Å². The van der Waals surface area contributed by atoms with E-state index < -0.39 is 0 Å². The van der Waals surface area contributed by atoms with Crippen LogP contribution in [-0.4, -0.2) is 28.5 Å². The standard InChI is InChI=1S/C10H10N4/c1-11-4-2-3-8-5-9-10(12-6-8)14-7-13-9/h5-7,11H,4H2,1H3,(H,12,13,14). The molecule has 0 aromatic carbocycles. The van der Waals surface area contributed by atoms with Crippen LogP contribution in [-0.2, 0) is 0 Å². The number of nitrogens with one attached hydrogen (secondary N) is 2. The van der Waals surface area contributed by atoms with Gasteiger partial charge in [-0.1, -0.05) is 11.8 Å². The van der Waals surface area contributed by atoms with Gasteiger partial charge in [0.15, 0.2) is 5.65 Å². The second-order valence-corrected chi connectivity index (χ2v) is 2.83. The average Bonchev–Trinajstić information content (AvgIpc) is 2.65. The van der Waals surface area contributed by atoms with Crippen LogP contribution < -0.4 is 5.32 Å². The Kier molecular flexibility index (Phi) is 2.43. The topological polar surface area (TPSA) is 53.6 Å². The number of nitrogens with zero attached hydrogens (tertiary/aromatic N) is 2. The fraction of sp³-hybridized carbons (Fsp3) is 0.200. The summed E-state index contributed by atoms with van der Waals surface area (Å²) in [7, 11) is 1.87. The van der Waals surface area contributed by atoms with Gasteiger partial charge in [-0.15, -0.1) is 0 Å². The lowest BCUT2D eigenvalue weighted by Gasteiger charge is -1.89. The summed E-state index contributed by atoms with van der Waals surface area (Å²) >= 11 is 0. The summed E-state index contributed by atoms with van der Waals surface area (Å²) in [5.74, 6) is 5.98. The van der Waals surface area contributed by atoms with Gasteiger partial charge in [-0.2, -0.15) is 0 Å². The molecule has 2 aromatic rings. The molecular weight excluding hydrogens is 176 g/mol. The average molecular weight is 186 g/mol. The van der Waals surface area contributed by atoms with E-state index in [9.17, 15) is 0 Å². The first-order valence-electron chi connectivity index (χ1n) is 4.33. The van der Waals surface area contributed by atoms with Crippen LogP contribution in [0.2, 0.25) is 0 Å². The van der Waals surface area contributed by atoms with Gasteiger partial charge in [-0.3, -0.25) is 0 Å². The van der Waals surface area contributed by atoms with Crippen molar-refractivity contribution in [2.45, 2.75) is 0 Å². The van der Waals surface area contributed by atoms with Gasteiger partial charge in [0.1, 0.15) is 0 Å². The molecule has 0 saturated heterocycles. The molecule has 0 aliphatic rings. The van der Waals surface area contributed by atoms with Crippen LogP contribution in [0.5, 0.6) is 0 Å². The summed E-state index contributed by atoms with van der Waals surface area (Å²) in [6.07, 6.45) is 3.36. The highest BCUT2D eigenvalue weighted by molar-refractivity contribution is 5.71. The molecule has 0 fully saturated rings. The molecule has 2 heterocycles. The van der Waals surface area contributed by atoms with Gasteiger partial charge in [0.25, 0.3) is 0 Å². The minimum absolute atomic E-state index is 0.682. The summed E-state index contributed by atoms with van der Waals surface area (Å²) in [5, 5.41) is 2.96. The Balaban J connectivity index is 2.31. The van der Waals surface area contributed by atoms with Crippen LogP contribution in [0.15, 0.2) is 18.6 Å². The molecule has 0 saturated carbocycles. The van der Waals surface area contributed by atoms with Crippen molar-refractivity contribution < 1.29 is 0 Å². The second kappa shape index (κ2) is 3.90. The van der Waals surface area contributed by atoms with E-state index in [2.05, 4.69) is 32.1 Å². The van der Waals surface area contributed by atoms with Gasteiger partial charge in [0, 0.05) is 11.8 Å². The lowest BCUT2D eigenvalue weighted by molar-refractivity contribution is 0.938. The van der Waals surface area contributed by atoms with Crippen molar-refractivity contribution >= 4 is 11.2 Å². The molecule has 0 radical (unpaired) electrons. The van der Waals surface area contributed by atoms with Gasteiger partial charge in [-0.25, -0.2) is 9.97 Å². The molecule has 0 spiro atoms. The zero-order valence-corrected chi connectivity index (χ0v) is 7.83. The predicted octanol–water partition coefficient (Wildman–Crippen LogP) is 0.529. The number of hydrogen-bond acceptors (Lipinski definition) is 3. The number of imidazole rings is 1. The molecule has 0 aliphatic heterocycles. The normalized spacial score (nSPS) is 9.79. The summed E-state index contributed by atoms with van der Waals surface area (Å²) in [5.41, 5.74) is 2.54. The van der Waals surface area contributed by atoms with Crippen molar-refractivity contribution in [1.82, 2.24) is 20.3 Å². The Morgan fingerprint density at radius 1 is 1.50 bits per heavy atom. The summed E-state index contributed by atoms with van der Waals surface area (Å²) in [6.45, 7) is 0.682. The number of pyridine rings is 1. The molecule has 0 amide bonds. The molecule has 4 nitrogen and oxygen atoms in total. The monoisotopic (exact) mass is 186 g/mol. The maximum atomic E-state index is 4.15. The Morgan fingerprint density at radius 2 is 2.43 bits per heavy atom. The minimum atomic E-state index is 0.682. The van der Waals surface area contributed by atoms with Crippen molar-refractivity contribution in [3.05, 3.63) is 24.2 Å². The van der Waals surface area contributed by atoms with E-state index >= 15 is 0 Å². The molecule has 2 N–H and O–H groups in total. The number of H-pyrrole nitrogens is 1. The molecule has 0 aliphatic carbocycles. The van der Waals surface area contributed by atoms with Gasteiger partial charge in [-0.05, 0) is 13.1 Å². The van der Waals surface area contributed by atoms with Gasteiger partial charge in [0.05, 0.1) is 18.4 Å². The Labute approximate surface area is 81.8 Å². The molecule has 0 atom stereocenters. The summed E-state index contributed by atoms with van der Waals surface area (Å²) < 4.78 is 0. The van der Waals surface area contributed by atoms with E-state index in [0.717, 1.165) is 16.7 Å².